The summed E-state index contributed by atoms with van der Waals surface area (Å²) in [5.41, 5.74) is 14.7. The molecule has 0 bridgehead atoms. The molecule has 0 saturated carbocycles. The van der Waals surface area contributed by atoms with Crippen LogP contribution in [0.4, 0.5) is 0 Å². The molecule has 2 aromatic carbocycles. The fraction of sp³-hybridized carbons (Fsp3) is 0.171. The summed E-state index contributed by atoms with van der Waals surface area (Å²) in [5.74, 6) is 0. The van der Waals surface area contributed by atoms with E-state index in [9.17, 15) is 0 Å². The summed E-state index contributed by atoms with van der Waals surface area (Å²) in [6, 6.07) is 17.2. The second-order valence-corrected chi connectivity index (χ2v) is 11.6. The van der Waals surface area contributed by atoms with Crippen LogP contribution >= 0.6 is 0 Å². The smallest absolute Gasteiger partial charge is 0.0346 e. The Balaban J connectivity index is 1.94. The van der Waals surface area contributed by atoms with Crippen molar-refractivity contribution in [2.24, 2.45) is 0 Å². The summed E-state index contributed by atoms with van der Waals surface area (Å²) in [6.07, 6.45) is 15.3. The molecule has 2 aromatic heterocycles. The molecule has 0 fully saturated rings. The van der Waals surface area contributed by atoms with Gasteiger partial charge in [-0.3, -0.25) is 9.97 Å². The number of pyridine rings is 2. The van der Waals surface area contributed by atoms with E-state index in [1.165, 1.54) is 22.3 Å². The Morgan fingerprint density at radius 1 is 0.744 bits per heavy atom. The molecule has 2 nitrogen and oxygen atoms in total. The molecule has 0 saturated heterocycles. The maximum Gasteiger partial charge on any atom is 0.0346 e. The summed E-state index contributed by atoms with van der Waals surface area (Å²) in [5, 5.41) is 0. The lowest BCUT2D eigenvalue weighted by molar-refractivity contribution is 0.639. The molecule has 43 heavy (non-hydrogen) atoms. The number of aryl methyl sites for hydroxylation is 1. The Morgan fingerprint density at radius 3 is 1.72 bits per heavy atom. The van der Waals surface area contributed by atoms with Crippen LogP contribution in [0.1, 0.15) is 76.4 Å². The number of nitrogens with zero attached hydrogens (tertiary/aromatic N) is 2. The average Bonchev–Trinajstić information content (AvgIpc) is 3.02. The summed E-state index contributed by atoms with van der Waals surface area (Å²) in [7, 11) is 0. The van der Waals surface area contributed by atoms with Crippen LogP contribution in [0, 0.1) is 20.8 Å². The van der Waals surface area contributed by atoms with Crippen LogP contribution in [0.2, 0.25) is 0 Å². The lowest BCUT2D eigenvalue weighted by atomic mass is 9.73. The van der Waals surface area contributed by atoms with Gasteiger partial charge in [-0.2, -0.15) is 0 Å². The highest BCUT2D eigenvalue weighted by Crippen LogP contribution is 2.41. The van der Waals surface area contributed by atoms with Gasteiger partial charge in [-0.25, -0.2) is 0 Å². The second-order valence-electron chi connectivity index (χ2n) is 11.6. The number of rotatable bonds is 10. The average molecular weight is 563 g/mol. The third-order valence-corrected chi connectivity index (χ3v) is 8.55. The minimum Gasteiger partial charge on any atom is -0.264 e. The van der Waals surface area contributed by atoms with Crippen LogP contribution in [0.25, 0.3) is 16.7 Å². The van der Waals surface area contributed by atoms with Crippen molar-refractivity contribution in [3.8, 4) is 0 Å². The summed E-state index contributed by atoms with van der Waals surface area (Å²) in [4.78, 5) is 8.72. The van der Waals surface area contributed by atoms with Gasteiger partial charge in [0.25, 0.3) is 0 Å². The minimum atomic E-state index is -0.351. The first kappa shape index (κ1) is 31.1. The first-order valence-corrected chi connectivity index (χ1v) is 14.6. The number of allylic oxidation sites excluding steroid dienone is 6. The van der Waals surface area contributed by atoms with Crippen molar-refractivity contribution < 1.29 is 0 Å². The predicted molar refractivity (Wildman–Crippen MR) is 186 cm³/mol. The molecule has 0 N–H and O–H groups in total. The van der Waals surface area contributed by atoms with E-state index in [2.05, 4.69) is 113 Å². The van der Waals surface area contributed by atoms with Crippen molar-refractivity contribution in [3.05, 3.63) is 185 Å². The minimum absolute atomic E-state index is 0.351. The van der Waals surface area contributed by atoms with Crippen LogP contribution in [0.5, 0.6) is 0 Å². The fourth-order valence-corrected chi connectivity index (χ4v) is 5.44. The third kappa shape index (κ3) is 6.34. The number of benzene rings is 2. The van der Waals surface area contributed by atoms with E-state index in [1.807, 2.05) is 49.7 Å². The quantitative estimate of drug-likeness (QED) is 0.180. The first-order valence-electron chi connectivity index (χ1n) is 14.6. The first-order chi connectivity index (χ1) is 20.5. The molecule has 0 spiro atoms. The summed E-state index contributed by atoms with van der Waals surface area (Å²) >= 11 is 0. The Morgan fingerprint density at radius 2 is 1.26 bits per heavy atom. The number of aromatic nitrogens is 2. The van der Waals surface area contributed by atoms with Crippen LogP contribution < -0.4 is 0 Å². The van der Waals surface area contributed by atoms with E-state index in [1.54, 1.807) is 12.4 Å². The molecule has 0 atom stereocenters. The molecular weight excluding hydrogens is 520 g/mol. The molecule has 4 aromatic rings. The summed E-state index contributed by atoms with van der Waals surface area (Å²) in [6.45, 7) is 30.7. The van der Waals surface area contributed by atoms with Gasteiger partial charge in [-0.15, -0.1) is 0 Å². The maximum atomic E-state index is 4.53. The van der Waals surface area contributed by atoms with Gasteiger partial charge in [-0.05, 0) is 125 Å². The molecule has 4 rings (SSSR count). The predicted octanol–water partition coefficient (Wildman–Crippen LogP) is 10.6. The van der Waals surface area contributed by atoms with E-state index >= 15 is 0 Å². The Bertz CT molecular complexity index is 1690. The highest BCUT2D eigenvalue weighted by molar-refractivity contribution is 5.87. The van der Waals surface area contributed by atoms with Gasteiger partial charge in [0, 0.05) is 41.3 Å². The standard InChI is InChI=1S/C41H42N2/c1-11-13-16-33(12-2)29(5)38-22-36(21-27(3)28(38)4)41(9,10)37-23-39(30(6)34-17-14-19-42-25-34)32(8)40(24-37)31(7)35-18-15-20-43-26-35/h11-26H,2,5-7H2,1,3-4,8-10H3/b13-11-,33-16+. The molecule has 0 unspecified atom stereocenters. The van der Waals surface area contributed by atoms with Crippen LogP contribution in [-0.4, -0.2) is 9.97 Å². The monoisotopic (exact) mass is 562 g/mol. The molecular formula is C41H42N2. The van der Waals surface area contributed by atoms with Gasteiger partial charge >= 0.3 is 0 Å². The lowest BCUT2D eigenvalue weighted by Gasteiger charge is -2.31. The number of hydrogen-bond acceptors (Lipinski definition) is 2. The van der Waals surface area contributed by atoms with E-state index in [-0.39, 0.29) is 5.41 Å². The van der Waals surface area contributed by atoms with Crippen molar-refractivity contribution >= 4 is 16.7 Å². The Hall–Kier alpha value is -4.82. The van der Waals surface area contributed by atoms with Gasteiger partial charge in [0.05, 0.1) is 0 Å². The molecule has 0 aliphatic carbocycles. The van der Waals surface area contributed by atoms with Crippen LogP contribution in [0.3, 0.4) is 0 Å². The molecule has 2 heteroatoms. The van der Waals surface area contributed by atoms with Crippen molar-refractivity contribution in [3.63, 3.8) is 0 Å². The van der Waals surface area contributed by atoms with Gasteiger partial charge in [0.2, 0.25) is 0 Å². The highest BCUT2D eigenvalue weighted by atomic mass is 14.6. The zero-order valence-corrected chi connectivity index (χ0v) is 26.5. The molecule has 216 valence electrons. The van der Waals surface area contributed by atoms with E-state index in [0.717, 1.165) is 55.7 Å². The highest BCUT2D eigenvalue weighted by Gasteiger charge is 2.28. The van der Waals surface area contributed by atoms with Crippen LogP contribution in [0.15, 0.2) is 130 Å². The SMILES string of the molecule is C=C/C(=C\C=C/C)C(=C)c1cc(C(C)(C)c2cc(C(=C)c3cccnc3)c(C)c(C(=C)c3cccnc3)c2)cc(C)c1C. The van der Waals surface area contributed by atoms with E-state index < -0.39 is 0 Å². The Labute approximate surface area is 258 Å². The zero-order chi connectivity index (χ0) is 31.3. The largest absolute Gasteiger partial charge is 0.264 e. The van der Waals surface area contributed by atoms with E-state index in [0.29, 0.717) is 0 Å². The molecule has 0 aliphatic rings. The molecule has 0 radical (unpaired) electrons. The van der Waals surface area contributed by atoms with Gasteiger partial charge in [0.15, 0.2) is 0 Å². The van der Waals surface area contributed by atoms with Crippen molar-refractivity contribution in [2.45, 2.75) is 47.0 Å². The second kappa shape index (κ2) is 13.0. The lowest BCUT2D eigenvalue weighted by Crippen LogP contribution is -2.21. The van der Waals surface area contributed by atoms with Crippen molar-refractivity contribution in [1.82, 2.24) is 9.97 Å². The maximum absolute atomic E-state index is 4.53. The molecule has 0 amide bonds. The third-order valence-electron chi connectivity index (χ3n) is 8.55. The summed E-state index contributed by atoms with van der Waals surface area (Å²) < 4.78 is 0. The van der Waals surface area contributed by atoms with E-state index in [4.69, 9.17) is 0 Å². The van der Waals surface area contributed by atoms with Crippen LogP contribution in [-0.2, 0) is 5.41 Å². The molecule has 2 heterocycles. The van der Waals surface area contributed by atoms with Crippen molar-refractivity contribution in [2.75, 3.05) is 0 Å². The van der Waals surface area contributed by atoms with Gasteiger partial charge in [-0.1, -0.05) is 82.7 Å². The number of hydrogen-bond donors (Lipinski definition) is 0. The zero-order valence-electron chi connectivity index (χ0n) is 26.5. The normalized spacial score (nSPS) is 11.9. The Kier molecular flexibility index (Phi) is 9.41. The van der Waals surface area contributed by atoms with Gasteiger partial charge < -0.3 is 0 Å². The fourth-order valence-electron chi connectivity index (χ4n) is 5.44. The molecule has 0 aliphatic heterocycles. The van der Waals surface area contributed by atoms with Gasteiger partial charge in [0.1, 0.15) is 0 Å². The van der Waals surface area contributed by atoms with Crippen molar-refractivity contribution in [1.29, 1.82) is 0 Å². The topological polar surface area (TPSA) is 25.8 Å².